The van der Waals surface area contributed by atoms with Gasteiger partial charge in [0.15, 0.2) is 5.78 Å². The van der Waals surface area contributed by atoms with Crippen molar-refractivity contribution in [2.24, 2.45) is 0 Å². The molecule has 1 aliphatic rings. The van der Waals surface area contributed by atoms with Crippen LogP contribution in [-0.2, 0) is 6.42 Å². The molecule has 0 fully saturated rings. The minimum absolute atomic E-state index is 0.227. The van der Waals surface area contributed by atoms with E-state index in [1.165, 1.54) is 4.88 Å². The Morgan fingerprint density at radius 1 is 1.42 bits per heavy atom. The van der Waals surface area contributed by atoms with Crippen molar-refractivity contribution in [1.29, 1.82) is 0 Å². The zero-order valence-corrected chi connectivity index (χ0v) is 8.39. The highest BCUT2D eigenvalue weighted by Crippen LogP contribution is 2.36. The average Bonchev–Trinajstić information content (AvgIpc) is 2.29. The molecule has 2 rings (SSSR count). The number of hydrogen-bond acceptors (Lipinski definition) is 2. The van der Waals surface area contributed by atoms with Crippen LogP contribution in [0.3, 0.4) is 0 Å². The van der Waals surface area contributed by atoms with Gasteiger partial charge in [-0.1, -0.05) is 11.6 Å². The van der Waals surface area contributed by atoms with Crippen molar-refractivity contribution in [3.05, 3.63) is 20.3 Å². The van der Waals surface area contributed by atoms with Crippen LogP contribution in [0.1, 0.15) is 33.0 Å². The lowest BCUT2D eigenvalue weighted by Gasteiger charge is -2.08. The van der Waals surface area contributed by atoms with Gasteiger partial charge in [-0.25, -0.2) is 0 Å². The topological polar surface area (TPSA) is 17.1 Å². The Kier molecular flexibility index (Phi) is 1.97. The highest BCUT2D eigenvalue weighted by Gasteiger charge is 2.23. The SMILES string of the molecule is Cc1sc2c(c1Cl)C(=O)CCC2. The maximum atomic E-state index is 11.4. The van der Waals surface area contributed by atoms with Crippen LogP contribution in [-0.4, -0.2) is 5.78 Å². The van der Waals surface area contributed by atoms with Crippen molar-refractivity contribution >= 4 is 28.7 Å². The third-order valence-corrected chi connectivity index (χ3v) is 3.92. The minimum atomic E-state index is 0.227. The zero-order chi connectivity index (χ0) is 8.72. The molecule has 0 aromatic carbocycles. The largest absolute Gasteiger partial charge is 0.294 e. The number of aryl methyl sites for hydroxylation is 2. The number of rotatable bonds is 0. The monoisotopic (exact) mass is 200 g/mol. The second-order valence-corrected chi connectivity index (χ2v) is 4.73. The number of Topliss-reactive ketones (excluding diaryl/α,β-unsaturated/α-hetero) is 1. The van der Waals surface area contributed by atoms with Crippen molar-refractivity contribution in [3.63, 3.8) is 0 Å². The van der Waals surface area contributed by atoms with Crippen LogP contribution in [0, 0.1) is 6.92 Å². The molecule has 0 saturated heterocycles. The number of hydrogen-bond donors (Lipinski definition) is 0. The lowest BCUT2D eigenvalue weighted by atomic mass is 9.98. The Morgan fingerprint density at radius 3 is 2.83 bits per heavy atom. The van der Waals surface area contributed by atoms with Gasteiger partial charge in [0.2, 0.25) is 0 Å². The van der Waals surface area contributed by atoms with E-state index < -0.39 is 0 Å². The van der Waals surface area contributed by atoms with E-state index >= 15 is 0 Å². The first kappa shape index (κ1) is 8.27. The maximum Gasteiger partial charge on any atom is 0.165 e. The van der Waals surface area contributed by atoms with Gasteiger partial charge in [0.05, 0.1) is 10.6 Å². The van der Waals surface area contributed by atoms with E-state index in [-0.39, 0.29) is 5.78 Å². The molecular formula is C9H9ClOS. The second-order valence-electron chi connectivity index (χ2n) is 3.05. The Bertz CT molecular complexity index is 341. The van der Waals surface area contributed by atoms with Crippen LogP contribution in [0.25, 0.3) is 0 Å². The lowest BCUT2D eigenvalue weighted by Crippen LogP contribution is -2.07. The van der Waals surface area contributed by atoms with Crippen LogP contribution in [0.15, 0.2) is 0 Å². The van der Waals surface area contributed by atoms with E-state index in [1.807, 2.05) is 6.92 Å². The van der Waals surface area contributed by atoms with Gasteiger partial charge in [0, 0.05) is 16.2 Å². The molecule has 64 valence electrons. The highest BCUT2D eigenvalue weighted by atomic mass is 35.5. The molecule has 0 N–H and O–H groups in total. The Labute approximate surface area is 80.4 Å². The average molecular weight is 201 g/mol. The summed E-state index contributed by atoms with van der Waals surface area (Å²) in [6.07, 6.45) is 2.68. The quantitative estimate of drug-likeness (QED) is 0.629. The predicted molar refractivity (Wildman–Crippen MR) is 51.3 cm³/mol. The summed E-state index contributed by atoms with van der Waals surface area (Å²) < 4.78 is 0. The molecule has 0 unspecified atom stereocenters. The first-order valence-electron chi connectivity index (χ1n) is 4.01. The summed E-state index contributed by atoms with van der Waals surface area (Å²) in [5, 5.41) is 0.694. The summed E-state index contributed by atoms with van der Waals surface area (Å²) in [4.78, 5) is 13.7. The number of carbonyl (C=O) groups is 1. The van der Waals surface area contributed by atoms with E-state index in [0.717, 1.165) is 23.3 Å². The normalized spacial score (nSPS) is 16.3. The number of ketones is 1. The summed E-state index contributed by atoms with van der Waals surface area (Å²) in [6.45, 7) is 1.97. The molecule has 1 aromatic heterocycles. The highest BCUT2D eigenvalue weighted by molar-refractivity contribution is 7.13. The van der Waals surface area contributed by atoms with Crippen LogP contribution in [0.2, 0.25) is 5.02 Å². The van der Waals surface area contributed by atoms with Crippen molar-refractivity contribution in [2.45, 2.75) is 26.2 Å². The maximum absolute atomic E-state index is 11.4. The summed E-state index contributed by atoms with van der Waals surface area (Å²) >= 11 is 7.68. The Morgan fingerprint density at radius 2 is 2.17 bits per heavy atom. The molecule has 0 saturated carbocycles. The van der Waals surface area contributed by atoms with E-state index in [1.54, 1.807) is 11.3 Å². The molecular weight excluding hydrogens is 192 g/mol. The first-order valence-corrected chi connectivity index (χ1v) is 5.20. The molecule has 1 nitrogen and oxygen atoms in total. The van der Waals surface area contributed by atoms with E-state index in [0.29, 0.717) is 11.4 Å². The summed E-state index contributed by atoms with van der Waals surface area (Å²) in [5.74, 6) is 0.227. The van der Waals surface area contributed by atoms with Crippen molar-refractivity contribution in [1.82, 2.24) is 0 Å². The van der Waals surface area contributed by atoms with Crippen molar-refractivity contribution < 1.29 is 4.79 Å². The second kappa shape index (κ2) is 2.86. The number of thiophene rings is 1. The van der Waals surface area contributed by atoms with Crippen molar-refractivity contribution in [3.8, 4) is 0 Å². The third-order valence-electron chi connectivity index (χ3n) is 2.17. The first-order chi connectivity index (χ1) is 5.70. The van der Waals surface area contributed by atoms with Gasteiger partial charge < -0.3 is 0 Å². The number of fused-ring (bicyclic) bond motifs is 1. The standard InChI is InChI=1S/C9H9ClOS/c1-5-9(10)8-6(11)3-2-4-7(8)12-5/h2-4H2,1H3. The predicted octanol–water partition coefficient (Wildman–Crippen LogP) is 3.23. The van der Waals surface area contributed by atoms with Crippen LogP contribution in [0.5, 0.6) is 0 Å². The molecule has 1 heterocycles. The molecule has 1 aliphatic carbocycles. The van der Waals surface area contributed by atoms with Gasteiger partial charge in [0.1, 0.15) is 0 Å². The smallest absolute Gasteiger partial charge is 0.165 e. The van der Waals surface area contributed by atoms with Gasteiger partial charge in [0.25, 0.3) is 0 Å². The minimum Gasteiger partial charge on any atom is -0.294 e. The van der Waals surface area contributed by atoms with Crippen LogP contribution >= 0.6 is 22.9 Å². The molecule has 12 heavy (non-hydrogen) atoms. The van der Waals surface area contributed by atoms with E-state index in [4.69, 9.17) is 11.6 Å². The fraction of sp³-hybridized carbons (Fsp3) is 0.444. The van der Waals surface area contributed by atoms with E-state index in [9.17, 15) is 4.79 Å². The zero-order valence-electron chi connectivity index (χ0n) is 6.82. The van der Waals surface area contributed by atoms with Crippen molar-refractivity contribution in [2.75, 3.05) is 0 Å². The summed E-state index contributed by atoms with van der Waals surface area (Å²) in [7, 11) is 0. The fourth-order valence-electron chi connectivity index (χ4n) is 1.57. The van der Waals surface area contributed by atoms with Gasteiger partial charge in [-0.05, 0) is 19.8 Å². The molecule has 0 bridgehead atoms. The molecule has 0 aliphatic heterocycles. The van der Waals surface area contributed by atoms with Gasteiger partial charge in [-0.3, -0.25) is 4.79 Å². The summed E-state index contributed by atoms with van der Waals surface area (Å²) in [5.41, 5.74) is 0.811. The molecule has 0 amide bonds. The Hall–Kier alpha value is -0.340. The molecule has 0 radical (unpaired) electrons. The molecule has 3 heteroatoms. The van der Waals surface area contributed by atoms with Crippen LogP contribution < -0.4 is 0 Å². The van der Waals surface area contributed by atoms with Crippen LogP contribution in [0.4, 0.5) is 0 Å². The number of halogens is 1. The molecule has 0 atom stereocenters. The lowest BCUT2D eigenvalue weighted by molar-refractivity contribution is 0.0973. The van der Waals surface area contributed by atoms with Gasteiger partial charge in [-0.2, -0.15) is 0 Å². The van der Waals surface area contributed by atoms with E-state index in [2.05, 4.69) is 0 Å². The van der Waals surface area contributed by atoms with Gasteiger partial charge in [-0.15, -0.1) is 11.3 Å². The van der Waals surface area contributed by atoms with Gasteiger partial charge >= 0.3 is 0 Å². The fourth-order valence-corrected chi connectivity index (χ4v) is 3.08. The molecule has 0 spiro atoms. The number of carbonyl (C=O) groups excluding carboxylic acids is 1. The summed E-state index contributed by atoms with van der Waals surface area (Å²) in [6, 6.07) is 0. The Balaban J connectivity index is 2.61. The molecule has 1 aromatic rings. The third kappa shape index (κ3) is 1.10.